The number of nitrogens with zero attached hydrogens (tertiary/aromatic N) is 1. The topological polar surface area (TPSA) is 21.7 Å². The van der Waals surface area contributed by atoms with Crippen molar-refractivity contribution >= 4 is 11.6 Å². The average Bonchev–Trinajstić information content (AvgIpc) is 2.77. The van der Waals surface area contributed by atoms with E-state index in [4.69, 9.17) is 21.1 Å². The van der Waals surface area contributed by atoms with Crippen molar-refractivity contribution in [3.63, 3.8) is 0 Å². The molecule has 2 aliphatic rings. The first-order valence-corrected chi connectivity index (χ1v) is 12.0. The lowest BCUT2D eigenvalue weighted by molar-refractivity contribution is -0.137. The molecule has 0 aromatic heterocycles. The van der Waals surface area contributed by atoms with Gasteiger partial charge >= 0.3 is 6.18 Å². The molecule has 33 heavy (non-hydrogen) atoms. The Hall–Kier alpha value is -1.76. The van der Waals surface area contributed by atoms with Crippen LogP contribution in [0.3, 0.4) is 0 Å². The molecule has 7 heteroatoms. The predicted octanol–water partition coefficient (Wildman–Crippen LogP) is 6.59. The van der Waals surface area contributed by atoms with Crippen molar-refractivity contribution in [1.82, 2.24) is 4.90 Å². The fraction of sp³-hybridized carbons (Fsp3) is 0.538. The zero-order chi connectivity index (χ0) is 23.5. The van der Waals surface area contributed by atoms with Gasteiger partial charge in [0.15, 0.2) is 0 Å². The highest BCUT2D eigenvalue weighted by atomic mass is 35.5. The second-order valence-corrected chi connectivity index (χ2v) is 9.78. The van der Waals surface area contributed by atoms with Gasteiger partial charge in [-0.3, -0.25) is 0 Å². The van der Waals surface area contributed by atoms with E-state index in [-0.39, 0.29) is 11.5 Å². The van der Waals surface area contributed by atoms with Crippen LogP contribution in [0, 0.1) is 5.92 Å². The van der Waals surface area contributed by atoms with E-state index >= 15 is 0 Å². The summed E-state index contributed by atoms with van der Waals surface area (Å²) in [4.78, 5) is 2.45. The summed E-state index contributed by atoms with van der Waals surface area (Å²) in [6, 6.07) is 13.1. The molecule has 0 bridgehead atoms. The number of hydrogen-bond acceptors (Lipinski definition) is 3. The van der Waals surface area contributed by atoms with Crippen LogP contribution in [0.4, 0.5) is 13.2 Å². The van der Waals surface area contributed by atoms with Gasteiger partial charge in [0.1, 0.15) is 5.75 Å². The molecule has 3 nitrogen and oxygen atoms in total. The summed E-state index contributed by atoms with van der Waals surface area (Å²) in [6.45, 7) is 3.28. The number of piperidine rings is 1. The molecule has 0 radical (unpaired) electrons. The zero-order valence-electron chi connectivity index (χ0n) is 18.9. The van der Waals surface area contributed by atoms with E-state index < -0.39 is 11.7 Å². The Morgan fingerprint density at radius 2 is 1.76 bits per heavy atom. The third-order valence-electron chi connectivity index (χ3n) is 7.26. The molecular weight excluding hydrogens is 451 g/mol. The van der Waals surface area contributed by atoms with Crippen LogP contribution in [-0.4, -0.2) is 44.4 Å². The second kappa shape index (κ2) is 10.2. The maximum Gasteiger partial charge on any atom is 0.416 e. The molecule has 0 amide bonds. The van der Waals surface area contributed by atoms with Crippen LogP contribution in [0.2, 0.25) is 5.02 Å². The first-order valence-electron chi connectivity index (χ1n) is 11.6. The van der Waals surface area contributed by atoms with Crippen molar-refractivity contribution in [2.24, 2.45) is 5.92 Å². The van der Waals surface area contributed by atoms with E-state index in [1.54, 1.807) is 7.11 Å². The van der Waals surface area contributed by atoms with Crippen molar-refractivity contribution in [3.05, 3.63) is 64.7 Å². The van der Waals surface area contributed by atoms with Crippen molar-refractivity contribution in [2.45, 2.75) is 49.8 Å². The van der Waals surface area contributed by atoms with E-state index in [0.29, 0.717) is 18.3 Å². The lowest BCUT2D eigenvalue weighted by atomic mass is 9.61. The molecule has 2 fully saturated rings. The monoisotopic (exact) mass is 481 g/mol. The van der Waals surface area contributed by atoms with Gasteiger partial charge in [0.05, 0.1) is 18.3 Å². The predicted molar refractivity (Wildman–Crippen MR) is 124 cm³/mol. The summed E-state index contributed by atoms with van der Waals surface area (Å²) in [6.07, 6.45) is 1.32. The first kappa shape index (κ1) is 24.4. The standard InChI is InChI=1S/C26H31ClF3NO2/c1-32-24(25(13-3-14-25)20-5-9-22(27)10-6-20)17-31-15-2-4-19(16-31)18-33-23-11-7-21(8-12-23)26(28,29)30/h5-12,19,24H,2-4,13-18H2,1H3/t19-,24+/m0/s1. The average molecular weight is 482 g/mol. The van der Waals surface area contributed by atoms with Gasteiger partial charge in [0.25, 0.3) is 0 Å². The van der Waals surface area contributed by atoms with E-state index in [2.05, 4.69) is 17.0 Å². The van der Waals surface area contributed by atoms with Gasteiger partial charge in [-0.25, -0.2) is 0 Å². The number of hydrogen-bond donors (Lipinski definition) is 0. The molecule has 0 N–H and O–H groups in total. The lowest BCUT2D eigenvalue weighted by Gasteiger charge is -2.49. The molecule has 2 aromatic carbocycles. The molecule has 4 rings (SSSR count). The Morgan fingerprint density at radius 3 is 2.33 bits per heavy atom. The van der Waals surface area contributed by atoms with E-state index in [9.17, 15) is 13.2 Å². The van der Waals surface area contributed by atoms with Crippen molar-refractivity contribution in [1.29, 1.82) is 0 Å². The van der Waals surface area contributed by atoms with Gasteiger partial charge in [-0.1, -0.05) is 30.2 Å². The van der Waals surface area contributed by atoms with Gasteiger partial charge in [-0.2, -0.15) is 13.2 Å². The van der Waals surface area contributed by atoms with Crippen LogP contribution >= 0.6 is 11.6 Å². The number of rotatable bonds is 8. The highest BCUT2D eigenvalue weighted by molar-refractivity contribution is 6.30. The first-order chi connectivity index (χ1) is 15.8. The van der Waals surface area contributed by atoms with Crippen molar-refractivity contribution < 1.29 is 22.6 Å². The number of halogens is 4. The number of benzene rings is 2. The fourth-order valence-electron chi connectivity index (χ4n) is 5.25. The maximum absolute atomic E-state index is 12.7. The van der Waals surface area contributed by atoms with Crippen LogP contribution in [0.25, 0.3) is 0 Å². The molecule has 1 aliphatic heterocycles. The van der Waals surface area contributed by atoms with Crippen molar-refractivity contribution in [2.75, 3.05) is 33.4 Å². The summed E-state index contributed by atoms with van der Waals surface area (Å²) in [5.74, 6) is 0.817. The molecule has 180 valence electrons. The highest BCUT2D eigenvalue weighted by Gasteiger charge is 2.46. The van der Waals surface area contributed by atoms with Gasteiger partial charge in [-0.15, -0.1) is 0 Å². The maximum atomic E-state index is 12.7. The molecule has 1 saturated heterocycles. The Kier molecular flexibility index (Phi) is 7.56. The third kappa shape index (κ3) is 5.67. The largest absolute Gasteiger partial charge is 0.493 e. The molecular formula is C26H31ClF3NO2. The van der Waals surface area contributed by atoms with E-state index in [1.165, 1.54) is 24.1 Å². The molecule has 1 heterocycles. The molecule has 1 saturated carbocycles. The Balaban J connectivity index is 1.34. The van der Waals surface area contributed by atoms with Gasteiger partial charge in [0.2, 0.25) is 0 Å². The second-order valence-electron chi connectivity index (χ2n) is 9.34. The van der Waals surface area contributed by atoms with Gasteiger partial charge < -0.3 is 14.4 Å². The fourth-order valence-corrected chi connectivity index (χ4v) is 5.38. The smallest absolute Gasteiger partial charge is 0.416 e. The number of likely N-dealkylation sites (tertiary alicyclic amines) is 1. The number of ether oxygens (including phenoxy) is 2. The molecule has 0 unspecified atom stereocenters. The molecule has 0 spiro atoms. The minimum atomic E-state index is -4.33. The highest BCUT2D eigenvalue weighted by Crippen LogP contribution is 2.48. The van der Waals surface area contributed by atoms with Crippen LogP contribution in [0.1, 0.15) is 43.2 Å². The van der Waals surface area contributed by atoms with Crippen molar-refractivity contribution in [3.8, 4) is 5.75 Å². The molecule has 2 atom stereocenters. The number of alkyl halides is 3. The third-order valence-corrected chi connectivity index (χ3v) is 7.51. The normalized spacial score (nSPS) is 21.9. The summed E-state index contributed by atoms with van der Waals surface area (Å²) < 4.78 is 50.1. The van der Waals surface area contributed by atoms with Gasteiger partial charge in [-0.05, 0) is 74.2 Å². The Labute approximate surface area is 198 Å². The van der Waals surface area contributed by atoms with Gasteiger partial charge in [0, 0.05) is 36.6 Å². The summed E-state index contributed by atoms with van der Waals surface area (Å²) >= 11 is 6.11. The van der Waals surface area contributed by atoms with E-state index in [1.807, 2.05) is 12.1 Å². The Bertz CT molecular complexity index is 897. The number of methoxy groups -OCH3 is 1. The zero-order valence-corrected chi connectivity index (χ0v) is 19.7. The Morgan fingerprint density at radius 1 is 1.06 bits per heavy atom. The van der Waals surface area contributed by atoms with Crippen LogP contribution in [0.15, 0.2) is 48.5 Å². The molecule has 2 aromatic rings. The summed E-state index contributed by atoms with van der Waals surface area (Å²) in [5, 5.41) is 0.745. The minimum absolute atomic E-state index is 0.0308. The van der Waals surface area contributed by atoms with Crippen LogP contribution < -0.4 is 4.74 Å². The minimum Gasteiger partial charge on any atom is -0.493 e. The SMILES string of the molecule is CO[C@H](CN1CCC[C@H](COc2ccc(C(F)(F)F)cc2)C1)C1(c2ccc(Cl)cc2)CCC1. The lowest BCUT2D eigenvalue weighted by Crippen LogP contribution is -2.53. The summed E-state index contributed by atoms with van der Waals surface area (Å²) in [7, 11) is 1.80. The van der Waals surface area contributed by atoms with Crippen LogP contribution in [-0.2, 0) is 16.3 Å². The quantitative estimate of drug-likeness (QED) is 0.424. The molecule has 1 aliphatic carbocycles. The van der Waals surface area contributed by atoms with Crippen LogP contribution in [0.5, 0.6) is 5.75 Å². The van der Waals surface area contributed by atoms with E-state index in [0.717, 1.165) is 62.5 Å². The summed E-state index contributed by atoms with van der Waals surface area (Å²) in [5.41, 5.74) is 0.669.